The first kappa shape index (κ1) is 9.38. The van der Waals surface area contributed by atoms with Crippen molar-refractivity contribution in [2.45, 2.75) is 6.92 Å². The highest BCUT2D eigenvalue weighted by Gasteiger charge is 2.10. The summed E-state index contributed by atoms with van der Waals surface area (Å²) in [5.41, 5.74) is 12.4. The molecule has 70 valence electrons. The van der Waals surface area contributed by atoms with Crippen LogP contribution in [0.15, 0.2) is 12.1 Å². The second kappa shape index (κ2) is 3.35. The molecular weight excluding hydrogens is 168 g/mol. The molecule has 13 heavy (non-hydrogen) atoms. The van der Waals surface area contributed by atoms with E-state index in [-0.39, 0.29) is 5.78 Å². The number of rotatable bonds is 2. The van der Waals surface area contributed by atoms with Gasteiger partial charge in [0.25, 0.3) is 0 Å². The van der Waals surface area contributed by atoms with Gasteiger partial charge >= 0.3 is 0 Å². The first-order chi connectivity index (χ1) is 6.06. The summed E-state index contributed by atoms with van der Waals surface area (Å²) >= 11 is 0. The molecule has 1 rings (SSSR count). The molecule has 0 saturated heterocycles. The van der Waals surface area contributed by atoms with Crippen LogP contribution in [0.1, 0.15) is 17.3 Å². The smallest absolute Gasteiger partial charge is 0.163 e. The van der Waals surface area contributed by atoms with Gasteiger partial charge in [-0.15, -0.1) is 0 Å². The molecule has 0 atom stereocenters. The van der Waals surface area contributed by atoms with Gasteiger partial charge in [0.15, 0.2) is 5.78 Å². The second-order valence-corrected chi connectivity index (χ2v) is 2.74. The van der Waals surface area contributed by atoms with Crippen LogP contribution in [-0.2, 0) is 0 Å². The van der Waals surface area contributed by atoms with E-state index in [1.165, 1.54) is 20.1 Å². The lowest BCUT2D eigenvalue weighted by molar-refractivity contribution is 0.101. The Balaban J connectivity index is 3.33. The zero-order valence-corrected chi connectivity index (χ0v) is 7.63. The van der Waals surface area contributed by atoms with Gasteiger partial charge in [0.2, 0.25) is 0 Å². The molecule has 0 aliphatic heterocycles. The Labute approximate surface area is 76.5 Å². The number of ether oxygens (including phenoxy) is 1. The molecule has 0 aliphatic rings. The van der Waals surface area contributed by atoms with Crippen LogP contribution in [0.4, 0.5) is 11.4 Å². The maximum atomic E-state index is 11.1. The van der Waals surface area contributed by atoms with E-state index < -0.39 is 0 Å². The minimum Gasteiger partial charge on any atom is -0.496 e. The summed E-state index contributed by atoms with van der Waals surface area (Å²) < 4.78 is 4.99. The lowest BCUT2D eigenvalue weighted by Crippen LogP contribution is -2.02. The van der Waals surface area contributed by atoms with Gasteiger partial charge in [-0.05, 0) is 13.0 Å². The summed E-state index contributed by atoms with van der Waals surface area (Å²) in [5, 5.41) is 0. The van der Waals surface area contributed by atoms with E-state index in [4.69, 9.17) is 16.2 Å². The fourth-order valence-corrected chi connectivity index (χ4v) is 1.06. The van der Waals surface area contributed by atoms with Crippen LogP contribution >= 0.6 is 0 Å². The standard InChI is InChI=1S/C9H12N2O2/c1-5(12)6-3-7(10)8(11)4-9(6)13-2/h3-4H,10-11H2,1-2H3. The van der Waals surface area contributed by atoms with E-state index in [0.717, 1.165) is 0 Å². The number of ketones is 1. The lowest BCUT2D eigenvalue weighted by Gasteiger charge is -2.08. The van der Waals surface area contributed by atoms with Crippen LogP contribution in [0.25, 0.3) is 0 Å². The molecule has 4 heteroatoms. The number of benzene rings is 1. The second-order valence-electron chi connectivity index (χ2n) is 2.74. The number of hydrogen-bond acceptors (Lipinski definition) is 4. The van der Waals surface area contributed by atoms with Gasteiger partial charge < -0.3 is 16.2 Å². The topological polar surface area (TPSA) is 78.3 Å². The van der Waals surface area contributed by atoms with Gasteiger partial charge in [0.05, 0.1) is 24.0 Å². The summed E-state index contributed by atoms with van der Waals surface area (Å²) in [6.45, 7) is 1.45. The Morgan fingerprint density at radius 3 is 2.31 bits per heavy atom. The Hall–Kier alpha value is -1.71. The van der Waals surface area contributed by atoms with E-state index in [1.807, 2.05) is 0 Å². The molecule has 0 fully saturated rings. The molecule has 1 aromatic rings. The molecule has 1 aromatic carbocycles. The molecule has 0 bridgehead atoms. The molecule has 0 amide bonds. The number of hydrogen-bond donors (Lipinski definition) is 2. The summed E-state index contributed by atoms with van der Waals surface area (Å²) in [6.07, 6.45) is 0. The van der Waals surface area contributed by atoms with Crippen molar-refractivity contribution in [3.63, 3.8) is 0 Å². The number of nitrogen functional groups attached to an aromatic ring is 2. The van der Waals surface area contributed by atoms with Crippen molar-refractivity contribution < 1.29 is 9.53 Å². The normalized spacial score (nSPS) is 9.69. The first-order valence-electron chi connectivity index (χ1n) is 3.80. The predicted octanol–water partition coefficient (Wildman–Crippen LogP) is 1.06. The summed E-state index contributed by atoms with van der Waals surface area (Å²) in [6, 6.07) is 3.07. The molecule has 0 unspecified atom stereocenters. The zero-order valence-electron chi connectivity index (χ0n) is 7.63. The third-order valence-corrected chi connectivity index (χ3v) is 1.78. The predicted molar refractivity (Wildman–Crippen MR) is 51.8 cm³/mol. The van der Waals surface area contributed by atoms with Crippen molar-refractivity contribution >= 4 is 17.2 Å². The number of carbonyl (C=O) groups is 1. The Morgan fingerprint density at radius 2 is 1.85 bits per heavy atom. The average molecular weight is 180 g/mol. The number of carbonyl (C=O) groups excluding carboxylic acids is 1. The van der Waals surface area contributed by atoms with Crippen LogP contribution in [0, 0.1) is 0 Å². The number of methoxy groups -OCH3 is 1. The van der Waals surface area contributed by atoms with E-state index in [9.17, 15) is 4.79 Å². The minimum absolute atomic E-state index is 0.0939. The van der Waals surface area contributed by atoms with Gasteiger partial charge in [-0.1, -0.05) is 0 Å². The third kappa shape index (κ3) is 1.72. The molecule has 0 saturated carbocycles. The molecule has 0 spiro atoms. The highest BCUT2D eigenvalue weighted by molar-refractivity contribution is 5.98. The van der Waals surface area contributed by atoms with Crippen LogP contribution in [0.2, 0.25) is 0 Å². The molecule has 0 radical (unpaired) electrons. The lowest BCUT2D eigenvalue weighted by atomic mass is 10.1. The molecule has 0 heterocycles. The SMILES string of the molecule is COc1cc(N)c(N)cc1C(C)=O. The molecule has 4 N–H and O–H groups in total. The molecule has 0 aliphatic carbocycles. The van der Waals surface area contributed by atoms with Crippen LogP contribution < -0.4 is 16.2 Å². The van der Waals surface area contributed by atoms with Crippen LogP contribution in [0.5, 0.6) is 5.75 Å². The maximum Gasteiger partial charge on any atom is 0.163 e. The van der Waals surface area contributed by atoms with Crippen molar-refractivity contribution in [2.24, 2.45) is 0 Å². The third-order valence-electron chi connectivity index (χ3n) is 1.78. The van der Waals surface area contributed by atoms with Gasteiger partial charge in [0, 0.05) is 6.07 Å². The largest absolute Gasteiger partial charge is 0.496 e. The van der Waals surface area contributed by atoms with Crippen molar-refractivity contribution in [1.82, 2.24) is 0 Å². The number of anilines is 2. The molecule has 4 nitrogen and oxygen atoms in total. The van der Waals surface area contributed by atoms with Crippen molar-refractivity contribution in [2.75, 3.05) is 18.6 Å². The summed E-state index contributed by atoms with van der Waals surface area (Å²) in [7, 11) is 1.48. The van der Waals surface area contributed by atoms with E-state index >= 15 is 0 Å². The quantitative estimate of drug-likeness (QED) is 0.527. The zero-order chi connectivity index (χ0) is 10.0. The Kier molecular flexibility index (Phi) is 2.41. The summed E-state index contributed by atoms with van der Waals surface area (Å²) in [4.78, 5) is 11.1. The van der Waals surface area contributed by atoms with Crippen molar-refractivity contribution in [3.8, 4) is 5.75 Å². The van der Waals surface area contributed by atoms with Gasteiger partial charge in [-0.25, -0.2) is 0 Å². The molecule has 0 aromatic heterocycles. The fraction of sp³-hybridized carbons (Fsp3) is 0.222. The maximum absolute atomic E-state index is 11.1. The van der Waals surface area contributed by atoms with Crippen molar-refractivity contribution in [3.05, 3.63) is 17.7 Å². The van der Waals surface area contributed by atoms with Crippen LogP contribution in [-0.4, -0.2) is 12.9 Å². The van der Waals surface area contributed by atoms with Crippen LogP contribution in [0.3, 0.4) is 0 Å². The number of Topliss-reactive ketones (excluding diaryl/α,β-unsaturated/α-hetero) is 1. The fourth-order valence-electron chi connectivity index (χ4n) is 1.06. The number of nitrogens with two attached hydrogens (primary N) is 2. The van der Waals surface area contributed by atoms with E-state index in [1.54, 1.807) is 6.07 Å². The van der Waals surface area contributed by atoms with Crippen molar-refractivity contribution in [1.29, 1.82) is 0 Å². The Bertz CT molecular complexity index is 348. The first-order valence-corrected chi connectivity index (χ1v) is 3.80. The van der Waals surface area contributed by atoms with E-state index in [0.29, 0.717) is 22.7 Å². The average Bonchev–Trinajstić information content (AvgIpc) is 2.08. The van der Waals surface area contributed by atoms with Gasteiger partial charge in [0.1, 0.15) is 5.75 Å². The Morgan fingerprint density at radius 1 is 1.31 bits per heavy atom. The highest BCUT2D eigenvalue weighted by atomic mass is 16.5. The molecular formula is C9H12N2O2. The summed E-state index contributed by atoms with van der Waals surface area (Å²) in [5.74, 6) is 0.364. The minimum atomic E-state index is -0.0939. The highest BCUT2D eigenvalue weighted by Crippen LogP contribution is 2.27. The van der Waals surface area contributed by atoms with E-state index in [2.05, 4.69) is 0 Å². The van der Waals surface area contributed by atoms with Gasteiger partial charge in [-0.3, -0.25) is 4.79 Å². The van der Waals surface area contributed by atoms with Gasteiger partial charge in [-0.2, -0.15) is 0 Å². The monoisotopic (exact) mass is 180 g/mol.